The fourth-order valence-electron chi connectivity index (χ4n) is 4.05. The van der Waals surface area contributed by atoms with E-state index in [1.807, 2.05) is 11.6 Å². The van der Waals surface area contributed by atoms with Crippen LogP contribution < -0.4 is 10.2 Å². The van der Waals surface area contributed by atoms with Crippen LogP contribution in [0.4, 0.5) is 10.8 Å². The number of amides is 1. The van der Waals surface area contributed by atoms with Crippen molar-refractivity contribution in [2.75, 3.05) is 23.3 Å². The molecule has 0 saturated carbocycles. The number of rotatable bonds is 11. The van der Waals surface area contributed by atoms with Gasteiger partial charge in [-0.25, -0.2) is 15.0 Å². The molecular formula is C27H36N6O2S2. The molecule has 4 aromatic rings. The second-order valence-corrected chi connectivity index (χ2v) is 12.4. The Labute approximate surface area is 226 Å². The van der Waals surface area contributed by atoms with Crippen molar-refractivity contribution in [3.8, 4) is 0 Å². The van der Waals surface area contributed by atoms with E-state index in [9.17, 15) is 4.79 Å². The summed E-state index contributed by atoms with van der Waals surface area (Å²) in [6.07, 6.45) is 5.94. The molecule has 0 atom stereocenters. The van der Waals surface area contributed by atoms with Crippen LogP contribution in [0.1, 0.15) is 64.9 Å². The zero-order valence-corrected chi connectivity index (χ0v) is 24.1. The molecule has 0 fully saturated rings. The summed E-state index contributed by atoms with van der Waals surface area (Å²) >= 11 is 3.04. The van der Waals surface area contributed by atoms with Gasteiger partial charge in [-0.1, -0.05) is 46.0 Å². The predicted octanol–water partition coefficient (Wildman–Crippen LogP) is 6.42. The molecule has 0 aliphatic heterocycles. The van der Waals surface area contributed by atoms with Crippen molar-refractivity contribution >= 4 is 50.9 Å². The monoisotopic (exact) mass is 540 g/mol. The number of oxazole rings is 1. The van der Waals surface area contributed by atoms with Gasteiger partial charge in [-0.2, -0.15) is 0 Å². The topological polar surface area (TPSA) is 89.1 Å². The predicted molar refractivity (Wildman–Crippen MR) is 153 cm³/mol. The van der Waals surface area contributed by atoms with E-state index in [2.05, 4.69) is 73.0 Å². The van der Waals surface area contributed by atoms with Crippen molar-refractivity contribution in [1.82, 2.24) is 19.5 Å². The largest absolute Gasteiger partial charge is 0.444 e. The Bertz CT molecular complexity index is 1340. The number of imidazole rings is 1. The number of hydrogen-bond acceptors (Lipinski definition) is 8. The number of anilines is 2. The van der Waals surface area contributed by atoms with Crippen LogP contribution in [-0.4, -0.2) is 38.5 Å². The standard InChI is InChI=1S/C27H36N6O2S2/c1-7-11-33(12-8-2)18-9-10-20-19(13-18)30-22(32(20)6)14-23(34)31-26-29-16-25(37-26)36-17-24-28-15-21(35-24)27(3,4)5/h9-10,13,15-16H,7-8,11-12,14,17H2,1-6H3,(H,29,31,34). The molecule has 0 unspecified atom stereocenters. The lowest BCUT2D eigenvalue weighted by atomic mass is 9.94. The average Bonchev–Trinajstić information content (AvgIpc) is 3.57. The number of fused-ring (bicyclic) bond motifs is 1. The highest BCUT2D eigenvalue weighted by Crippen LogP contribution is 2.32. The highest BCUT2D eigenvalue weighted by Gasteiger charge is 2.20. The summed E-state index contributed by atoms with van der Waals surface area (Å²) in [5.41, 5.74) is 3.05. The molecular weight excluding hydrogens is 504 g/mol. The Morgan fingerprint density at radius 1 is 1.16 bits per heavy atom. The maximum Gasteiger partial charge on any atom is 0.233 e. The van der Waals surface area contributed by atoms with Crippen LogP contribution in [0.25, 0.3) is 11.0 Å². The quantitative estimate of drug-likeness (QED) is 0.220. The molecule has 3 aromatic heterocycles. The van der Waals surface area contributed by atoms with Gasteiger partial charge in [0.1, 0.15) is 11.6 Å². The minimum Gasteiger partial charge on any atom is -0.444 e. The van der Waals surface area contributed by atoms with Gasteiger partial charge in [0.2, 0.25) is 11.8 Å². The zero-order valence-electron chi connectivity index (χ0n) is 22.5. The molecule has 1 aromatic carbocycles. The van der Waals surface area contributed by atoms with Gasteiger partial charge in [-0.15, -0.1) is 11.8 Å². The fourth-order valence-corrected chi connectivity index (χ4v) is 5.79. The van der Waals surface area contributed by atoms with Crippen LogP contribution in [-0.2, 0) is 29.4 Å². The first kappa shape index (κ1) is 27.2. The van der Waals surface area contributed by atoms with Gasteiger partial charge < -0.3 is 19.2 Å². The maximum absolute atomic E-state index is 12.8. The molecule has 198 valence electrons. The van der Waals surface area contributed by atoms with Crippen molar-refractivity contribution in [3.63, 3.8) is 0 Å². The summed E-state index contributed by atoms with van der Waals surface area (Å²) in [5, 5.41) is 3.50. The first-order chi connectivity index (χ1) is 17.7. The molecule has 0 saturated heterocycles. The Hall–Kier alpha value is -2.85. The summed E-state index contributed by atoms with van der Waals surface area (Å²) in [6.45, 7) is 12.7. The van der Waals surface area contributed by atoms with E-state index in [0.717, 1.165) is 52.8 Å². The van der Waals surface area contributed by atoms with Crippen molar-refractivity contribution in [2.45, 2.75) is 69.3 Å². The molecule has 0 aliphatic carbocycles. The molecule has 0 spiro atoms. The average molecular weight is 541 g/mol. The summed E-state index contributed by atoms with van der Waals surface area (Å²) < 4.78 is 8.84. The van der Waals surface area contributed by atoms with Crippen molar-refractivity contribution in [3.05, 3.63) is 48.1 Å². The van der Waals surface area contributed by atoms with Gasteiger partial charge in [-0.05, 0) is 31.0 Å². The third kappa shape index (κ3) is 6.73. The molecule has 0 radical (unpaired) electrons. The van der Waals surface area contributed by atoms with Crippen LogP contribution in [0.5, 0.6) is 0 Å². The number of nitrogens with zero attached hydrogens (tertiary/aromatic N) is 5. The number of carbonyl (C=O) groups excluding carboxylic acids is 1. The molecule has 0 aliphatic rings. The van der Waals surface area contributed by atoms with Crippen LogP contribution in [0.2, 0.25) is 0 Å². The number of benzene rings is 1. The fraction of sp³-hybridized carbons (Fsp3) is 0.481. The van der Waals surface area contributed by atoms with E-state index < -0.39 is 0 Å². The molecule has 0 bridgehead atoms. The smallest absolute Gasteiger partial charge is 0.233 e. The van der Waals surface area contributed by atoms with Gasteiger partial charge in [0, 0.05) is 31.2 Å². The van der Waals surface area contributed by atoms with Crippen LogP contribution >= 0.6 is 23.1 Å². The molecule has 3 heterocycles. The molecule has 1 N–H and O–H groups in total. The Balaban J connectivity index is 1.37. The second-order valence-electron chi connectivity index (χ2n) is 10.1. The van der Waals surface area contributed by atoms with E-state index in [1.54, 1.807) is 24.2 Å². The van der Waals surface area contributed by atoms with Crippen molar-refractivity contribution in [2.24, 2.45) is 7.05 Å². The van der Waals surface area contributed by atoms with Gasteiger partial charge >= 0.3 is 0 Å². The zero-order chi connectivity index (χ0) is 26.6. The number of carbonyl (C=O) groups is 1. The first-order valence-corrected chi connectivity index (χ1v) is 14.5. The molecule has 37 heavy (non-hydrogen) atoms. The number of thioether (sulfide) groups is 1. The summed E-state index contributed by atoms with van der Waals surface area (Å²) in [5.74, 6) is 2.77. The summed E-state index contributed by atoms with van der Waals surface area (Å²) in [4.78, 5) is 28.7. The molecule has 8 nitrogen and oxygen atoms in total. The van der Waals surface area contributed by atoms with Gasteiger partial charge in [0.05, 0.1) is 39.8 Å². The van der Waals surface area contributed by atoms with Crippen LogP contribution in [0.15, 0.2) is 39.2 Å². The first-order valence-electron chi connectivity index (χ1n) is 12.7. The van der Waals surface area contributed by atoms with E-state index in [0.29, 0.717) is 16.8 Å². The van der Waals surface area contributed by atoms with Gasteiger partial charge in [-0.3, -0.25) is 4.79 Å². The maximum atomic E-state index is 12.8. The number of thiazole rings is 1. The van der Waals surface area contributed by atoms with E-state index >= 15 is 0 Å². The molecule has 4 rings (SSSR count). The minimum atomic E-state index is -0.134. The van der Waals surface area contributed by atoms with Crippen LogP contribution in [0.3, 0.4) is 0 Å². The summed E-state index contributed by atoms with van der Waals surface area (Å²) in [7, 11) is 1.96. The number of aryl methyl sites for hydroxylation is 1. The normalized spacial score (nSPS) is 11.8. The Kier molecular flexibility index (Phi) is 8.59. The van der Waals surface area contributed by atoms with Gasteiger partial charge in [0.15, 0.2) is 5.13 Å². The number of nitrogens with one attached hydrogen (secondary N) is 1. The van der Waals surface area contributed by atoms with Crippen molar-refractivity contribution < 1.29 is 9.21 Å². The Morgan fingerprint density at radius 2 is 1.92 bits per heavy atom. The number of aromatic nitrogens is 4. The lowest BCUT2D eigenvalue weighted by Crippen LogP contribution is -2.24. The van der Waals surface area contributed by atoms with E-state index in [-0.39, 0.29) is 17.7 Å². The molecule has 10 heteroatoms. The minimum absolute atomic E-state index is 0.0658. The second kappa shape index (κ2) is 11.7. The lowest BCUT2D eigenvalue weighted by molar-refractivity contribution is -0.115. The number of hydrogen-bond donors (Lipinski definition) is 1. The van der Waals surface area contributed by atoms with Crippen molar-refractivity contribution in [1.29, 1.82) is 0 Å². The highest BCUT2D eigenvalue weighted by molar-refractivity contribution is 8.00. The molecule has 1 amide bonds. The SMILES string of the molecule is CCCN(CCC)c1ccc2c(c1)nc(CC(=O)Nc1ncc(SCc3ncc(C(C)(C)C)o3)s1)n2C. The van der Waals surface area contributed by atoms with Crippen LogP contribution in [0, 0.1) is 0 Å². The van der Waals surface area contributed by atoms with E-state index in [1.165, 1.54) is 17.0 Å². The van der Waals surface area contributed by atoms with E-state index in [4.69, 9.17) is 9.40 Å². The lowest BCUT2D eigenvalue weighted by Gasteiger charge is -2.23. The highest BCUT2D eigenvalue weighted by atomic mass is 32.2. The third-order valence-corrected chi connectivity index (χ3v) is 8.08. The van der Waals surface area contributed by atoms with Gasteiger partial charge in [0.25, 0.3) is 0 Å². The summed E-state index contributed by atoms with van der Waals surface area (Å²) in [6, 6.07) is 6.38. The third-order valence-electron chi connectivity index (χ3n) is 5.99. The Morgan fingerprint density at radius 3 is 2.59 bits per heavy atom.